The molecule has 1 saturated heterocycles. The van der Waals surface area contributed by atoms with Crippen molar-refractivity contribution in [1.29, 1.82) is 0 Å². The number of nitrogens with zero attached hydrogens (tertiary/aromatic N) is 3. The number of anilines is 1. The summed E-state index contributed by atoms with van der Waals surface area (Å²) in [4.78, 5) is 41.3. The fraction of sp³-hybridized carbons (Fsp3) is 0.560. The van der Waals surface area contributed by atoms with Crippen LogP contribution in [-0.2, 0) is 14.4 Å². The Labute approximate surface area is 210 Å². The molecule has 1 aromatic carbocycles. The molecule has 2 aliphatic rings. The van der Waals surface area contributed by atoms with Gasteiger partial charge in [-0.15, -0.1) is 5.10 Å². The van der Waals surface area contributed by atoms with Gasteiger partial charge < -0.3 is 15.5 Å². The van der Waals surface area contributed by atoms with Gasteiger partial charge in [0.15, 0.2) is 0 Å². The molecule has 35 heavy (non-hydrogen) atoms. The van der Waals surface area contributed by atoms with Gasteiger partial charge in [0.05, 0.1) is 6.04 Å². The van der Waals surface area contributed by atoms with Gasteiger partial charge in [0.2, 0.25) is 17.7 Å². The normalized spacial score (nSPS) is 20.3. The first-order chi connectivity index (χ1) is 17.0. The molecule has 3 atom stereocenters. The Morgan fingerprint density at radius 1 is 1.03 bits per heavy atom. The highest BCUT2D eigenvalue weighted by atomic mass is 32.1. The highest BCUT2D eigenvalue weighted by Crippen LogP contribution is 2.36. The van der Waals surface area contributed by atoms with Crippen LogP contribution in [0.25, 0.3) is 11.3 Å². The maximum atomic E-state index is 13.3. The lowest BCUT2D eigenvalue weighted by molar-refractivity contribution is -0.136. The zero-order valence-corrected chi connectivity index (χ0v) is 21.1. The molecule has 3 N–H and O–H groups in total. The topological polar surface area (TPSA) is 116 Å². The third-order valence-electron chi connectivity index (χ3n) is 7.11. The minimum absolute atomic E-state index is 0.0274. The summed E-state index contributed by atoms with van der Waals surface area (Å²) in [6.45, 7) is 2.44. The van der Waals surface area contributed by atoms with Gasteiger partial charge in [-0.3, -0.25) is 19.7 Å². The molecule has 2 aromatic rings. The van der Waals surface area contributed by atoms with E-state index < -0.39 is 24.0 Å². The molecule has 1 aliphatic carbocycles. The second-order valence-corrected chi connectivity index (χ2v) is 10.1. The molecule has 1 aromatic heterocycles. The van der Waals surface area contributed by atoms with Crippen LogP contribution in [0.4, 0.5) is 5.00 Å². The largest absolute Gasteiger partial charge is 0.348 e. The molecule has 0 radical (unpaired) electrons. The van der Waals surface area contributed by atoms with Gasteiger partial charge in [0, 0.05) is 23.6 Å². The third kappa shape index (κ3) is 5.87. The first kappa shape index (κ1) is 25.2. The van der Waals surface area contributed by atoms with Crippen molar-refractivity contribution in [1.82, 2.24) is 25.5 Å². The van der Waals surface area contributed by atoms with Crippen molar-refractivity contribution in [2.75, 3.05) is 18.5 Å². The van der Waals surface area contributed by atoms with Crippen molar-refractivity contribution in [3.63, 3.8) is 0 Å². The van der Waals surface area contributed by atoms with Gasteiger partial charge in [-0.1, -0.05) is 54.1 Å². The molecule has 2 heterocycles. The van der Waals surface area contributed by atoms with Crippen molar-refractivity contribution < 1.29 is 14.4 Å². The molecule has 4 rings (SSSR count). The van der Waals surface area contributed by atoms with Crippen molar-refractivity contribution in [3.05, 3.63) is 30.3 Å². The third-order valence-corrected chi connectivity index (χ3v) is 7.87. The number of imide groups is 1. The molecule has 2 fully saturated rings. The maximum Gasteiger partial charge on any atom is 0.249 e. The van der Waals surface area contributed by atoms with E-state index >= 15 is 0 Å². The lowest BCUT2D eigenvalue weighted by atomic mass is 9.83. The Hall–Kier alpha value is -2.85. The lowest BCUT2D eigenvalue weighted by Gasteiger charge is -2.31. The van der Waals surface area contributed by atoms with E-state index in [-0.39, 0.29) is 17.7 Å². The molecule has 3 amide bonds. The second-order valence-electron chi connectivity index (χ2n) is 9.39. The summed E-state index contributed by atoms with van der Waals surface area (Å²) in [6, 6.07) is 8.14. The first-order valence-electron chi connectivity index (χ1n) is 12.5. The van der Waals surface area contributed by atoms with Crippen LogP contribution < -0.4 is 20.9 Å². The van der Waals surface area contributed by atoms with Crippen LogP contribution in [0.3, 0.4) is 0 Å². The molecule has 1 aliphatic heterocycles. The summed E-state index contributed by atoms with van der Waals surface area (Å²) < 4.78 is 4.14. The number of carbonyl (C=O) groups is 3. The molecule has 0 bridgehead atoms. The molecule has 1 unspecified atom stereocenters. The number of hydrogen-bond acceptors (Lipinski definition) is 8. The average Bonchev–Trinajstić information content (AvgIpc) is 3.57. The van der Waals surface area contributed by atoms with Crippen LogP contribution in [0, 0.1) is 5.92 Å². The number of aromatic nitrogens is 2. The van der Waals surface area contributed by atoms with Crippen molar-refractivity contribution in [2.24, 2.45) is 5.92 Å². The van der Waals surface area contributed by atoms with Crippen LogP contribution in [0.2, 0.25) is 0 Å². The van der Waals surface area contributed by atoms with Gasteiger partial charge >= 0.3 is 0 Å². The van der Waals surface area contributed by atoms with Crippen LogP contribution >= 0.6 is 11.5 Å². The van der Waals surface area contributed by atoms with Crippen LogP contribution in [0.15, 0.2) is 30.3 Å². The van der Waals surface area contributed by atoms with Gasteiger partial charge in [-0.2, -0.15) is 0 Å². The van der Waals surface area contributed by atoms with Crippen molar-refractivity contribution >= 4 is 34.3 Å². The molecular weight excluding hydrogens is 464 g/mol. The van der Waals surface area contributed by atoms with E-state index in [2.05, 4.69) is 25.5 Å². The Balaban J connectivity index is 1.48. The highest BCUT2D eigenvalue weighted by Gasteiger charge is 2.38. The number of likely N-dealkylation sites (N-methyl/N-ethyl adjacent to an activating group) is 1. The predicted octanol–water partition coefficient (Wildman–Crippen LogP) is 2.49. The van der Waals surface area contributed by atoms with Gasteiger partial charge in [0.1, 0.15) is 22.8 Å². The Morgan fingerprint density at radius 2 is 1.77 bits per heavy atom. The number of hydrogen-bond donors (Lipinski definition) is 3. The van der Waals surface area contributed by atoms with E-state index in [1.165, 1.54) is 11.5 Å². The SMILES string of the molecule is CN[C@@H](C)C(=O)NC(C(=O)NC(=O)[C@@H]1CCCN1c1snnc1-c1ccccc1)C1CCCCC1. The van der Waals surface area contributed by atoms with Crippen LogP contribution in [0.5, 0.6) is 0 Å². The van der Waals surface area contributed by atoms with Crippen LogP contribution in [0.1, 0.15) is 51.9 Å². The van der Waals surface area contributed by atoms with Crippen molar-refractivity contribution in [3.8, 4) is 11.3 Å². The summed E-state index contributed by atoms with van der Waals surface area (Å²) in [5.74, 6) is -0.969. The van der Waals surface area contributed by atoms with E-state index in [0.717, 1.165) is 54.8 Å². The van der Waals surface area contributed by atoms with Crippen LogP contribution in [-0.4, -0.2) is 59.0 Å². The van der Waals surface area contributed by atoms with Gasteiger partial charge in [-0.25, -0.2) is 0 Å². The van der Waals surface area contributed by atoms with Gasteiger partial charge in [-0.05, 0) is 45.6 Å². The monoisotopic (exact) mass is 498 g/mol. The molecule has 0 spiro atoms. The Bertz CT molecular complexity index is 1020. The minimum Gasteiger partial charge on any atom is -0.348 e. The second kappa shape index (κ2) is 11.7. The van der Waals surface area contributed by atoms with E-state index in [1.54, 1.807) is 14.0 Å². The number of benzene rings is 1. The molecule has 9 nitrogen and oxygen atoms in total. The summed E-state index contributed by atoms with van der Waals surface area (Å²) in [6.07, 6.45) is 6.39. The molecule has 10 heteroatoms. The molecule has 188 valence electrons. The van der Waals surface area contributed by atoms with E-state index in [4.69, 9.17) is 0 Å². The number of amides is 3. The number of nitrogens with one attached hydrogen (secondary N) is 3. The summed E-state index contributed by atoms with van der Waals surface area (Å²) in [5.41, 5.74) is 1.69. The first-order valence-corrected chi connectivity index (χ1v) is 13.2. The fourth-order valence-corrected chi connectivity index (χ4v) is 5.76. The van der Waals surface area contributed by atoms with Crippen molar-refractivity contribution in [2.45, 2.75) is 70.0 Å². The zero-order chi connectivity index (χ0) is 24.8. The zero-order valence-electron chi connectivity index (χ0n) is 20.3. The average molecular weight is 499 g/mol. The van der Waals surface area contributed by atoms with Gasteiger partial charge in [0.25, 0.3) is 0 Å². The standard InChI is InChI=1S/C25H34N6O3S/c1-16(26-2)22(32)27-20(17-10-5-3-6-11-17)24(34)28-23(33)19-14-9-15-31(19)25-21(29-30-35-25)18-12-7-4-8-13-18/h4,7-8,12-13,16-17,19-20,26H,3,5-6,9-11,14-15H2,1-2H3,(H,27,32)(H,28,33,34)/t16-,19-,20?/m0/s1. The maximum absolute atomic E-state index is 13.3. The number of carbonyl (C=O) groups excluding carboxylic acids is 3. The summed E-state index contributed by atoms with van der Waals surface area (Å²) in [7, 11) is 1.70. The highest BCUT2D eigenvalue weighted by molar-refractivity contribution is 7.10. The number of rotatable bonds is 8. The summed E-state index contributed by atoms with van der Waals surface area (Å²) in [5, 5.41) is 13.6. The predicted molar refractivity (Wildman–Crippen MR) is 136 cm³/mol. The van der Waals surface area contributed by atoms with E-state index in [1.807, 2.05) is 35.2 Å². The Kier molecular flexibility index (Phi) is 8.46. The molecule has 1 saturated carbocycles. The molecular formula is C25H34N6O3S. The fourth-order valence-electron chi connectivity index (χ4n) is 4.99. The Morgan fingerprint density at radius 3 is 2.49 bits per heavy atom. The van der Waals surface area contributed by atoms with E-state index in [0.29, 0.717) is 13.0 Å². The quantitative estimate of drug-likeness (QED) is 0.512. The van der Waals surface area contributed by atoms with E-state index in [9.17, 15) is 14.4 Å². The summed E-state index contributed by atoms with van der Waals surface area (Å²) >= 11 is 1.26. The minimum atomic E-state index is -0.720. The smallest absolute Gasteiger partial charge is 0.249 e. The lowest BCUT2D eigenvalue weighted by Crippen LogP contribution is -2.57.